The van der Waals surface area contributed by atoms with Crippen LogP contribution < -0.4 is 5.32 Å². The van der Waals surface area contributed by atoms with Crippen LogP contribution in [0.3, 0.4) is 0 Å². The summed E-state index contributed by atoms with van der Waals surface area (Å²) in [5.41, 5.74) is 2.00. The average Bonchev–Trinajstić information content (AvgIpc) is 2.81. The van der Waals surface area contributed by atoms with Gasteiger partial charge in [0.05, 0.1) is 12.1 Å². The zero-order valence-corrected chi connectivity index (χ0v) is 11.5. The molecule has 98 valence electrons. The third-order valence-corrected chi connectivity index (χ3v) is 3.74. The van der Waals surface area contributed by atoms with Gasteiger partial charge in [-0.3, -0.25) is 4.79 Å². The Morgan fingerprint density at radius 3 is 2.94 bits per heavy atom. The van der Waals surface area contributed by atoms with Gasteiger partial charge in [-0.2, -0.15) is 0 Å². The number of ether oxygens (including phenoxy) is 1. The van der Waals surface area contributed by atoms with Crippen molar-refractivity contribution < 1.29 is 9.53 Å². The first-order valence-electron chi connectivity index (χ1n) is 6.14. The Labute approximate surface area is 112 Å². The molecule has 1 N–H and O–H groups in total. The zero-order valence-electron chi connectivity index (χ0n) is 10.7. The predicted molar refractivity (Wildman–Crippen MR) is 72.1 cm³/mol. The van der Waals surface area contributed by atoms with E-state index in [1.807, 2.05) is 25.1 Å². The lowest BCUT2D eigenvalue weighted by Gasteiger charge is -2.10. The number of carbonyl (C=O) groups excluding carboxylic acids is 1. The average molecular weight is 268 g/mol. The second-order valence-corrected chi connectivity index (χ2v) is 5.20. The molecule has 1 aromatic carbocycles. The van der Waals surface area contributed by atoms with Gasteiger partial charge in [0, 0.05) is 25.1 Å². The summed E-state index contributed by atoms with van der Waals surface area (Å²) < 4.78 is 5.24. The molecule has 3 nitrogen and oxygen atoms in total. The maximum Gasteiger partial charge on any atom is 0.154 e. The Bertz CT molecular complexity index is 447. The van der Waals surface area contributed by atoms with Crippen molar-refractivity contribution in [1.82, 2.24) is 5.32 Å². The van der Waals surface area contributed by atoms with Crippen LogP contribution in [0.15, 0.2) is 18.2 Å². The van der Waals surface area contributed by atoms with Gasteiger partial charge in [0.2, 0.25) is 0 Å². The highest BCUT2D eigenvalue weighted by Crippen LogP contribution is 2.20. The smallest absolute Gasteiger partial charge is 0.154 e. The van der Waals surface area contributed by atoms with Gasteiger partial charge in [0.15, 0.2) is 5.78 Å². The van der Waals surface area contributed by atoms with Crippen LogP contribution in [0.25, 0.3) is 0 Å². The highest BCUT2D eigenvalue weighted by molar-refractivity contribution is 6.31. The molecule has 0 saturated carbocycles. The van der Waals surface area contributed by atoms with Crippen molar-refractivity contribution in [1.29, 1.82) is 0 Å². The lowest BCUT2D eigenvalue weighted by atomic mass is 10.0. The van der Waals surface area contributed by atoms with Crippen LogP contribution in [-0.2, 0) is 16.0 Å². The van der Waals surface area contributed by atoms with E-state index in [1.165, 1.54) is 0 Å². The van der Waals surface area contributed by atoms with E-state index in [4.69, 9.17) is 16.3 Å². The van der Waals surface area contributed by atoms with Crippen molar-refractivity contribution in [3.05, 3.63) is 34.3 Å². The van der Waals surface area contributed by atoms with Gasteiger partial charge in [0.25, 0.3) is 0 Å². The van der Waals surface area contributed by atoms with Crippen molar-refractivity contribution in [3.8, 4) is 0 Å². The van der Waals surface area contributed by atoms with Gasteiger partial charge < -0.3 is 10.1 Å². The molecule has 2 rings (SSSR count). The van der Waals surface area contributed by atoms with Gasteiger partial charge in [-0.1, -0.05) is 23.7 Å². The number of nitrogens with one attached hydrogen (secondary N) is 1. The monoisotopic (exact) mass is 267 g/mol. The first-order valence-corrected chi connectivity index (χ1v) is 6.52. The number of halogens is 1. The topological polar surface area (TPSA) is 38.3 Å². The van der Waals surface area contributed by atoms with E-state index in [0.29, 0.717) is 11.4 Å². The number of methoxy groups -OCH3 is 1. The third-order valence-electron chi connectivity index (χ3n) is 3.39. The highest BCUT2D eigenvalue weighted by atomic mass is 35.5. The van der Waals surface area contributed by atoms with Crippen molar-refractivity contribution >= 4 is 17.4 Å². The van der Waals surface area contributed by atoms with E-state index >= 15 is 0 Å². The quantitative estimate of drug-likeness (QED) is 0.908. The molecule has 1 aromatic rings. The molecule has 18 heavy (non-hydrogen) atoms. The maximum absolute atomic E-state index is 12.1. The Morgan fingerprint density at radius 1 is 1.56 bits per heavy atom. The van der Waals surface area contributed by atoms with E-state index < -0.39 is 0 Å². The Morgan fingerprint density at radius 2 is 2.33 bits per heavy atom. The number of hydrogen-bond donors (Lipinski definition) is 1. The molecule has 4 heteroatoms. The van der Waals surface area contributed by atoms with Crippen LogP contribution in [-0.4, -0.2) is 31.6 Å². The Kier molecular flexibility index (Phi) is 4.38. The molecule has 1 heterocycles. The fourth-order valence-corrected chi connectivity index (χ4v) is 2.54. The van der Waals surface area contributed by atoms with E-state index in [1.54, 1.807) is 7.11 Å². The van der Waals surface area contributed by atoms with Gasteiger partial charge in [-0.25, -0.2) is 0 Å². The van der Waals surface area contributed by atoms with E-state index in [2.05, 4.69) is 5.32 Å². The second kappa shape index (κ2) is 5.83. The van der Waals surface area contributed by atoms with Crippen molar-refractivity contribution in [2.24, 2.45) is 0 Å². The molecule has 0 radical (unpaired) electrons. The van der Waals surface area contributed by atoms with Crippen LogP contribution in [0.2, 0.25) is 5.02 Å². The summed E-state index contributed by atoms with van der Waals surface area (Å²) >= 11 is 6.14. The SMILES string of the molecule is COC1CNC(C(=O)Cc2ccc(C)cc2Cl)C1. The summed E-state index contributed by atoms with van der Waals surface area (Å²) in [6, 6.07) is 5.70. The summed E-state index contributed by atoms with van der Waals surface area (Å²) in [4.78, 5) is 12.1. The van der Waals surface area contributed by atoms with Gasteiger partial charge in [0.1, 0.15) is 0 Å². The van der Waals surface area contributed by atoms with Crippen LogP contribution in [0.5, 0.6) is 0 Å². The van der Waals surface area contributed by atoms with E-state index in [-0.39, 0.29) is 17.9 Å². The molecule has 0 aliphatic carbocycles. The zero-order chi connectivity index (χ0) is 13.1. The summed E-state index contributed by atoms with van der Waals surface area (Å²) in [6.45, 7) is 2.73. The normalized spacial score (nSPS) is 23.3. The van der Waals surface area contributed by atoms with Crippen LogP contribution >= 0.6 is 11.6 Å². The molecule has 1 aliphatic heterocycles. The number of benzene rings is 1. The molecule has 2 atom stereocenters. The summed E-state index contributed by atoms with van der Waals surface area (Å²) in [7, 11) is 1.68. The van der Waals surface area contributed by atoms with Crippen molar-refractivity contribution in [3.63, 3.8) is 0 Å². The number of aryl methyl sites for hydroxylation is 1. The standard InChI is InChI=1S/C14H18ClNO2/c1-9-3-4-10(12(15)5-9)6-14(17)13-7-11(18-2)8-16-13/h3-5,11,13,16H,6-8H2,1-2H3. The van der Waals surface area contributed by atoms with Gasteiger partial charge in [-0.15, -0.1) is 0 Å². The highest BCUT2D eigenvalue weighted by Gasteiger charge is 2.29. The molecular formula is C14H18ClNO2. The fourth-order valence-electron chi connectivity index (χ4n) is 2.23. The number of rotatable bonds is 4. The van der Waals surface area contributed by atoms with Crippen LogP contribution in [0.4, 0.5) is 0 Å². The van der Waals surface area contributed by atoms with Gasteiger partial charge in [-0.05, 0) is 30.5 Å². The molecule has 0 spiro atoms. The third kappa shape index (κ3) is 3.10. The second-order valence-electron chi connectivity index (χ2n) is 4.79. The summed E-state index contributed by atoms with van der Waals surface area (Å²) in [5.74, 6) is 0.181. The molecule has 1 aliphatic rings. The summed E-state index contributed by atoms with van der Waals surface area (Å²) in [6.07, 6.45) is 1.28. The molecule has 2 unspecified atom stereocenters. The van der Waals surface area contributed by atoms with Crippen LogP contribution in [0.1, 0.15) is 17.5 Å². The Hall–Kier alpha value is -0.900. The first-order chi connectivity index (χ1) is 8.60. The number of ketones is 1. The minimum atomic E-state index is -0.104. The number of Topliss-reactive ketones (excluding diaryl/α,β-unsaturated/α-hetero) is 1. The lowest BCUT2D eigenvalue weighted by molar-refractivity contribution is -0.120. The molecule has 1 fully saturated rings. The number of hydrogen-bond acceptors (Lipinski definition) is 3. The largest absolute Gasteiger partial charge is 0.380 e. The molecule has 0 amide bonds. The van der Waals surface area contributed by atoms with Crippen molar-refractivity contribution in [2.75, 3.05) is 13.7 Å². The lowest BCUT2D eigenvalue weighted by Crippen LogP contribution is -2.31. The van der Waals surface area contributed by atoms with E-state index in [0.717, 1.165) is 24.1 Å². The fraction of sp³-hybridized carbons (Fsp3) is 0.500. The molecule has 0 aromatic heterocycles. The summed E-state index contributed by atoms with van der Waals surface area (Å²) in [5, 5.41) is 3.86. The van der Waals surface area contributed by atoms with Crippen LogP contribution in [0, 0.1) is 6.92 Å². The number of carbonyl (C=O) groups is 1. The molecule has 0 bridgehead atoms. The van der Waals surface area contributed by atoms with E-state index in [9.17, 15) is 4.79 Å². The van der Waals surface area contributed by atoms with Gasteiger partial charge >= 0.3 is 0 Å². The minimum absolute atomic E-state index is 0.104. The first kappa shape index (κ1) is 13.5. The molecule has 1 saturated heterocycles. The van der Waals surface area contributed by atoms with Crippen molar-refractivity contribution in [2.45, 2.75) is 31.9 Å². The Balaban J connectivity index is 1.99. The maximum atomic E-state index is 12.1. The minimum Gasteiger partial charge on any atom is -0.380 e. The molecular weight excluding hydrogens is 250 g/mol. The predicted octanol–water partition coefficient (Wildman–Crippen LogP) is 2.14.